The van der Waals surface area contributed by atoms with Crippen LogP contribution >= 0.6 is 0 Å². The van der Waals surface area contributed by atoms with Gasteiger partial charge in [0.25, 0.3) is 0 Å². The zero-order valence-electron chi connectivity index (χ0n) is 9.03. The third kappa shape index (κ3) is 1.57. The van der Waals surface area contributed by atoms with Crippen LogP contribution in [0.5, 0.6) is 0 Å². The summed E-state index contributed by atoms with van der Waals surface area (Å²) in [5, 5.41) is 0. The average Bonchev–Trinajstić information content (AvgIpc) is 2.18. The number of fused-ring (bicyclic) bond motifs is 1. The van der Waals surface area contributed by atoms with Crippen molar-refractivity contribution < 1.29 is 0 Å². The Kier molecular flexibility index (Phi) is 2.60. The van der Waals surface area contributed by atoms with Crippen molar-refractivity contribution >= 4 is 0 Å². The van der Waals surface area contributed by atoms with E-state index >= 15 is 0 Å². The molecule has 2 N–H and O–H groups in total. The molecule has 76 valence electrons. The lowest BCUT2D eigenvalue weighted by molar-refractivity contribution is 0.286. The predicted octanol–water partition coefficient (Wildman–Crippen LogP) is 2.90. The molecule has 0 bridgehead atoms. The maximum Gasteiger partial charge on any atom is 0.0328 e. The molecule has 0 spiro atoms. The van der Waals surface area contributed by atoms with E-state index < -0.39 is 0 Å². The summed E-state index contributed by atoms with van der Waals surface area (Å²) in [5.41, 5.74) is 9.12. The van der Waals surface area contributed by atoms with E-state index in [1.54, 1.807) is 0 Å². The molecule has 1 aliphatic rings. The molecule has 2 atom stereocenters. The summed E-state index contributed by atoms with van der Waals surface area (Å²) in [6.45, 7) is 4.55. The first kappa shape index (κ1) is 9.72. The highest BCUT2D eigenvalue weighted by Gasteiger charge is 2.28. The van der Waals surface area contributed by atoms with Gasteiger partial charge in [0, 0.05) is 6.04 Å². The van der Waals surface area contributed by atoms with E-state index in [9.17, 15) is 0 Å². The van der Waals surface area contributed by atoms with Gasteiger partial charge in [0.05, 0.1) is 0 Å². The van der Waals surface area contributed by atoms with Gasteiger partial charge in [-0.1, -0.05) is 38.1 Å². The number of hydrogen-bond donors (Lipinski definition) is 1. The Morgan fingerprint density at radius 3 is 2.71 bits per heavy atom. The van der Waals surface area contributed by atoms with E-state index in [1.165, 1.54) is 24.0 Å². The molecule has 2 rings (SSSR count). The third-order valence-corrected chi connectivity index (χ3v) is 3.48. The molecule has 14 heavy (non-hydrogen) atoms. The van der Waals surface area contributed by atoms with Gasteiger partial charge in [-0.2, -0.15) is 0 Å². The molecule has 0 unspecified atom stereocenters. The summed E-state index contributed by atoms with van der Waals surface area (Å²) in [6.07, 6.45) is 2.45. The Labute approximate surface area is 86.3 Å². The smallest absolute Gasteiger partial charge is 0.0328 e. The van der Waals surface area contributed by atoms with E-state index in [4.69, 9.17) is 5.73 Å². The van der Waals surface area contributed by atoms with E-state index in [-0.39, 0.29) is 6.04 Å². The highest BCUT2D eigenvalue weighted by molar-refractivity contribution is 5.32. The Hall–Kier alpha value is -0.820. The van der Waals surface area contributed by atoms with Gasteiger partial charge >= 0.3 is 0 Å². The normalized spacial score (nSPS) is 26.3. The van der Waals surface area contributed by atoms with E-state index in [0.717, 1.165) is 0 Å². The Morgan fingerprint density at radius 1 is 1.29 bits per heavy atom. The molecule has 0 amide bonds. The maximum absolute atomic E-state index is 6.29. The molecule has 0 aromatic heterocycles. The lowest BCUT2D eigenvalue weighted by Gasteiger charge is -2.33. The van der Waals surface area contributed by atoms with Crippen molar-refractivity contribution in [2.45, 2.75) is 32.7 Å². The molecule has 0 fully saturated rings. The number of benzene rings is 1. The lowest BCUT2D eigenvalue weighted by atomic mass is 9.75. The van der Waals surface area contributed by atoms with E-state index in [2.05, 4.69) is 38.1 Å². The molecule has 0 saturated carbocycles. The lowest BCUT2D eigenvalue weighted by Crippen LogP contribution is -2.30. The van der Waals surface area contributed by atoms with Crippen LogP contribution in [0.1, 0.15) is 37.4 Å². The molecule has 0 aliphatic heterocycles. The van der Waals surface area contributed by atoms with Gasteiger partial charge in [0.15, 0.2) is 0 Å². The minimum absolute atomic E-state index is 0.250. The van der Waals surface area contributed by atoms with Crippen LogP contribution in [0.3, 0.4) is 0 Å². The SMILES string of the molecule is CC(C)[C@@H]1CCc2ccccc2[C@H]1N. The highest BCUT2D eigenvalue weighted by atomic mass is 14.7. The van der Waals surface area contributed by atoms with Crippen LogP contribution < -0.4 is 5.73 Å². The van der Waals surface area contributed by atoms with E-state index in [1.807, 2.05) is 0 Å². The van der Waals surface area contributed by atoms with Gasteiger partial charge in [-0.25, -0.2) is 0 Å². The molecule has 0 radical (unpaired) electrons. The summed E-state index contributed by atoms with van der Waals surface area (Å²) in [7, 11) is 0. The van der Waals surface area contributed by atoms with Crippen LogP contribution in [0.4, 0.5) is 0 Å². The maximum atomic E-state index is 6.29. The van der Waals surface area contributed by atoms with Gasteiger partial charge in [-0.05, 0) is 35.8 Å². The minimum Gasteiger partial charge on any atom is -0.324 e. The van der Waals surface area contributed by atoms with Crippen LogP contribution in [0.15, 0.2) is 24.3 Å². The molecule has 0 heterocycles. The third-order valence-electron chi connectivity index (χ3n) is 3.48. The second-order valence-electron chi connectivity index (χ2n) is 4.67. The van der Waals surface area contributed by atoms with Gasteiger partial charge in [0.2, 0.25) is 0 Å². The first-order valence-electron chi connectivity index (χ1n) is 5.53. The van der Waals surface area contributed by atoms with Crippen LogP contribution in [-0.4, -0.2) is 0 Å². The summed E-state index contributed by atoms with van der Waals surface area (Å²) < 4.78 is 0. The topological polar surface area (TPSA) is 26.0 Å². The predicted molar refractivity (Wildman–Crippen MR) is 60.0 cm³/mol. The molecule has 1 aromatic rings. The fourth-order valence-corrected chi connectivity index (χ4v) is 2.57. The van der Waals surface area contributed by atoms with Crippen LogP contribution in [0.2, 0.25) is 0 Å². The summed E-state index contributed by atoms with van der Waals surface area (Å²) in [4.78, 5) is 0. The fourth-order valence-electron chi connectivity index (χ4n) is 2.57. The van der Waals surface area contributed by atoms with Gasteiger partial charge in [0.1, 0.15) is 0 Å². The minimum atomic E-state index is 0.250. The van der Waals surface area contributed by atoms with Crippen LogP contribution in [0.25, 0.3) is 0 Å². The second kappa shape index (κ2) is 3.74. The van der Waals surface area contributed by atoms with Crippen molar-refractivity contribution in [2.75, 3.05) is 0 Å². The molecule has 0 saturated heterocycles. The highest BCUT2D eigenvalue weighted by Crippen LogP contribution is 2.36. The monoisotopic (exact) mass is 189 g/mol. The first-order chi connectivity index (χ1) is 6.70. The van der Waals surface area contributed by atoms with Gasteiger partial charge in [-0.3, -0.25) is 0 Å². The number of aryl methyl sites for hydroxylation is 1. The number of rotatable bonds is 1. The Balaban J connectivity index is 2.31. The Bertz CT molecular complexity index is 317. The fraction of sp³-hybridized carbons (Fsp3) is 0.538. The van der Waals surface area contributed by atoms with Gasteiger partial charge in [-0.15, -0.1) is 0 Å². The van der Waals surface area contributed by atoms with Crippen molar-refractivity contribution in [3.63, 3.8) is 0 Å². The van der Waals surface area contributed by atoms with Crippen LogP contribution in [-0.2, 0) is 6.42 Å². The zero-order chi connectivity index (χ0) is 10.1. The first-order valence-corrected chi connectivity index (χ1v) is 5.53. The number of nitrogens with two attached hydrogens (primary N) is 1. The largest absolute Gasteiger partial charge is 0.324 e. The van der Waals surface area contributed by atoms with Crippen molar-refractivity contribution in [1.29, 1.82) is 0 Å². The van der Waals surface area contributed by atoms with E-state index in [0.29, 0.717) is 11.8 Å². The van der Waals surface area contributed by atoms with Crippen molar-refractivity contribution in [3.8, 4) is 0 Å². The molecule has 1 nitrogen and oxygen atoms in total. The van der Waals surface area contributed by atoms with Crippen molar-refractivity contribution in [3.05, 3.63) is 35.4 Å². The standard InChI is InChI=1S/C13H19N/c1-9(2)11-8-7-10-5-3-4-6-12(10)13(11)14/h3-6,9,11,13H,7-8,14H2,1-2H3/t11-,13-/m0/s1. The van der Waals surface area contributed by atoms with Crippen LogP contribution in [0, 0.1) is 11.8 Å². The van der Waals surface area contributed by atoms with Gasteiger partial charge < -0.3 is 5.73 Å². The molecule has 1 aromatic carbocycles. The van der Waals surface area contributed by atoms with Crippen molar-refractivity contribution in [1.82, 2.24) is 0 Å². The number of hydrogen-bond acceptors (Lipinski definition) is 1. The van der Waals surface area contributed by atoms with Crippen molar-refractivity contribution in [2.24, 2.45) is 17.6 Å². The molecular weight excluding hydrogens is 170 g/mol. The second-order valence-corrected chi connectivity index (χ2v) is 4.67. The summed E-state index contributed by atoms with van der Waals surface area (Å²) in [6, 6.07) is 8.86. The quantitative estimate of drug-likeness (QED) is 0.722. The summed E-state index contributed by atoms with van der Waals surface area (Å²) >= 11 is 0. The molecule has 1 aliphatic carbocycles. The molecule has 1 heteroatoms. The Morgan fingerprint density at radius 2 is 2.00 bits per heavy atom. The average molecular weight is 189 g/mol. The summed E-state index contributed by atoms with van der Waals surface area (Å²) in [5.74, 6) is 1.35. The zero-order valence-corrected chi connectivity index (χ0v) is 9.03. The molecular formula is C13H19N.